The fourth-order valence-corrected chi connectivity index (χ4v) is 1.92. The maximum atomic E-state index is 10.8. The van der Waals surface area contributed by atoms with Crippen molar-refractivity contribution in [2.75, 3.05) is 6.54 Å². The van der Waals surface area contributed by atoms with Gasteiger partial charge in [-0.05, 0) is 16.2 Å². The van der Waals surface area contributed by atoms with Gasteiger partial charge in [0.2, 0.25) is 0 Å². The van der Waals surface area contributed by atoms with Crippen molar-refractivity contribution in [1.29, 1.82) is 0 Å². The maximum absolute atomic E-state index is 10.8. The van der Waals surface area contributed by atoms with Crippen molar-refractivity contribution in [3.05, 3.63) is 24.1 Å². The van der Waals surface area contributed by atoms with Crippen molar-refractivity contribution < 1.29 is 4.21 Å². The fourth-order valence-electron chi connectivity index (χ4n) is 0.290. The SMILES string of the molecule is C=C/C=C\SS(=O)NCC. The highest BCUT2D eigenvalue weighted by Crippen LogP contribution is 2.05. The zero-order valence-electron chi connectivity index (χ0n) is 5.87. The molecule has 1 N–H and O–H groups in total. The number of rotatable bonds is 5. The summed E-state index contributed by atoms with van der Waals surface area (Å²) < 4.78 is 13.5. The first kappa shape index (κ1) is 9.94. The Morgan fingerprint density at radius 1 is 1.80 bits per heavy atom. The molecule has 58 valence electrons. The van der Waals surface area contributed by atoms with Crippen molar-refractivity contribution >= 4 is 20.8 Å². The molecule has 0 aromatic rings. The van der Waals surface area contributed by atoms with Crippen LogP contribution in [0.1, 0.15) is 6.92 Å². The molecule has 4 heteroatoms. The van der Waals surface area contributed by atoms with E-state index in [1.54, 1.807) is 17.6 Å². The topological polar surface area (TPSA) is 29.1 Å². The zero-order valence-corrected chi connectivity index (χ0v) is 7.50. The van der Waals surface area contributed by atoms with Gasteiger partial charge in [0.05, 0.1) is 0 Å². The minimum absolute atomic E-state index is 0.724. The molecule has 0 aromatic heterocycles. The summed E-state index contributed by atoms with van der Waals surface area (Å²) in [5.41, 5.74) is 0. The first-order valence-corrected chi connectivity index (χ1v) is 5.46. The summed E-state index contributed by atoms with van der Waals surface area (Å²) in [5.74, 6) is 0. The van der Waals surface area contributed by atoms with Crippen LogP contribution in [0.5, 0.6) is 0 Å². The zero-order chi connectivity index (χ0) is 7.82. The van der Waals surface area contributed by atoms with Gasteiger partial charge < -0.3 is 0 Å². The molecule has 0 spiro atoms. The summed E-state index contributed by atoms with van der Waals surface area (Å²) in [6.45, 7) is 6.12. The van der Waals surface area contributed by atoms with Crippen molar-refractivity contribution in [2.24, 2.45) is 0 Å². The van der Waals surface area contributed by atoms with E-state index in [4.69, 9.17) is 0 Å². The molecule has 0 bridgehead atoms. The highest BCUT2D eigenvalue weighted by molar-refractivity contribution is 8.69. The molecule has 0 amide bonds. The van der Waals surface area contributed by atoms with Crippen LogP contribution >= 0.6 is 10.8 Å². The third-order valence-corrected chi connectivity index (χ3v) is 2.80. The average Bonchev–Trinajstić information content (AvgIpc) is 1.89. The molecule has 0 aliphatic rings. The summed E-state index contributed by atoms with van der Waals surface area (Å²) in [7, 11) is 0.245. The third kappa shape index (κ3) is 6.07. The molecule has 0 heterocycles. The molecule has 10 heavy (non-hydrogen) atoms. The second kappa shape index (κ2) is 7.05. The van der Waals surface area contributed by atoms with Gasteiger partial charge in [0.1, 0.15) is 0 Å². The Hall–Kier alpha value is -0.0600. The Labute approximate surface area is 67.8 Å². The van der Waals surface area contributed by atoms with Crippen molar-refractivity contribution in [2.45, 2.75) is 6.92 Å². The molecular formula is C6H11NOS2. The van der Waals surface area contributed by atoms with E-state index in [1.165, 1.54) is 10.8 Å². The van der Waals surface area contributed by atoms with Crippen LogP contribution in [0, 0.1) is 0 Å². The fraction of sp³-hybridized carbons (Fsp3) is 0.333. The van der Waals surface area contributed by atoms with Gasteiger partial charge in [-0.15, -0.1) is 0 Å². The van der Waals surface area contributed by atoms with E-state index in [2.05, 4.69) is 11.3 Å². The van der Waals surface area contributed by atoms with Crippen LogP contribution in [0.3, 0.4) is 0 Å². The lowest BCUT2D eigenvalue weighted by Crippen LogP contribution is -2.11. The van der Waals surface area contributed by atoms with Crippen LogP contribution in [0.4, 0.5) is 0 Å². The van der Waals surface area contributed by atoms with E-state index in [0.29, 0.717) is 0 Å². The Bertz CT molecular complexity index is 145. The molecule has 1 atom stereocenters. The van der Waals surface area contributed by atoms with Gasteiger partial charge in [0, 0.05) is 6.54 Å². The van der Waals surface area contributed by atoms with E-state index < -0.39 is 10.0 Å². The predicted octanol–water partition coefficient (Wildman–Crippen LogP) is 1.61. The molecule has 0 aliphatic heterocycles. The molecule has 0 rings (SSSR count). The lowest BCUT2D eigenvalue weighted by Gasteiger charge is -1.93. The summed E-state index contributed by atoms with van der Waals surface area (Å²) in [6, 6.07) is 0. The highest BCUT2D eigenvalue weighted by Gasteiger charge is 1.90. The van der Waals surface area contributed by atoms with E-state index in [0.717, 1.165) is 6.54 Å². The van der Waals surface area contributed by atoms with Gasteiger partial charge in [0.15, 0.2) is 10.0 Å². The Kier molecular flexibility index (Phi) is 7.01. The minimum atomic E-state index is -0.989. The van der Waals surface area contributed by atoms with Gasteiger partial charge in [-0.2, -0.15) is 0 Å². The molecule has 0 aromatic carbocycles. The van der Waals surface area contributed by atoms with Crippen LogP contribution in [0.15, 0.2) is 24.1 Å². The van der Waals surface area contributed by atoms with E-state index in [1.807, 2.05) is 6.92 Å². The first-order valence-electron chi connectivity index (χ1n) is 2.91. The summed E-state index contributed by atoms with van der Waals surface area (Å²) in [5, 5.41) is 1.74. The van der Waals surface area contributed by atoms with Crippen LogP contribution in [-0.4, -0.2) is 10.8 Å². The average molecular weight is 177 g/mol. The smallest absolute Gasteiger partial charge is 0.158 e. The van der Waals surface area contributed by atoms with Crippen LogP contribution in [0.25, 0.3) is 0 Å². The van der Waals surface area contributed by atoms with Gasteiger partial charge >= 0.3 is 0 Å². The van der Waals surface area contributed by atoms with Crippen molar-refractivity contribution in [3.8, 4) is 0 Å². The second-order valence-corrected chi connectivity index (χ2v) is 4.10. The number of nitrogens with one attached hydrogen (secondary N) is 1. The Morgan fingerprint density at radius 3 is 3.00 bits per heavy atom. The second-order valence-electron chi connectivity index (χ2n) is 1.39. The highest BCUT2D eigenvalue weighted by atomic mass is 33.1. The third-order valence-electron chi connectivity index (χ3n) is 0.620. The minimum Gasteiger partial charge on any atom is -0.230 e. The van der Waals surface area contributed by atoms with E-state index in [-0.39, 0.29) is 0 Å². The predicted molar refractivity (Wildman–Crippen MR) is 48.7 cm³/mol. The quantitative estimate of drug-likeness (QED) is 0.510. The van der Waals surface area contributed by atoms with Crippen LogP contribution < -0.4 is 4.72 Å². The van der Waals surface area contributed by atoms with Crippen molar-refractivity contribution in [3.63, 3.8) is 0 Å². The number of hydrogen-bond donors (Lipinski definition) is 1. The molecule has 0 aliphatic carbocycles. The van der Waals surface area contributed by atoms with Crippen molar-refractivity contribution in [1.82, 2.24) is 4.72 Å². The lowest BCUT2D eigenvalue weighted by molar-refractivity contribution is 0.684. The molecule has 1 unspecified atom stereocenters. The van der Waals surface area contributed by atoms with Gasteiger partial charge in [0.25, 0.3) is 0 Å². The monoisotopic (exact) mass is 177 g/mol. The van der Waals surface area contributed by atoms with Gasteiger partial charge in [-0.3, -0.25) is 0 Å². The normalized spacial score (nSPS) is 13.7. The summed E-state index contributed by atoms with van der Waals surface area (Å²) in [6.07, 6.45) is 3.40. The molecule has 0 saturated carbocycles. The summed E-state index contributed by atoms with van der Waals surface area (Å²) in [4.78, 5) is 0. The molecule has 0 radical (unpaired) electrons. The van der Waals surface area contributed by atoms with E-state index in [9.17, 15) is 4.21 Å². The standard InChI is InChI=1S/C6H11NOS2/c1-3-5-6-9-10(8)7-4-2/h3,5-7H,1,4H2,2H3/b6-5-. The summed E-state index contributed by atoms with van der Waals surface area (Å²) >= 11 is 0. The molecule has 0 fully saturated rings. The van der Waals surface area contributed by atoms with Crippen LogP contribution in [0.2, 0.25) is 0 Å². The molecular weight excluding hydrogens is 166 g/mol. The maximum Gasteiger partial charge on any atom is 0.158 e. The van der Waals surface area contributed by atoms with Crippen LogP contribution in [-0.2, 0) is 10.0 Å². The largest absolute Gasteiger partial charge is 0.230 e. The lowest BCUT2D eigenvalue weighted by atomic mass is 10.6. The molecule has 0 saturated heterocycles. The first-order chi connectivity index (χ1) is 4.81. The van der Waals surface area contributed by atoms with Gasteiger partial charge in [-0.1, -0.05) is 25.7 Å². The Morgan fingerprint density at radius 2 is 2.50 bits per heavy atom. The van der Waals surface area contributed by atoms with Gasteiger partial charge in [-0.25, -0.2) is 8.93 Å². The van der Waals surface area contributed by atoms with E-state index >= 15 is 0 Å². The molecule has 2 nitrogen and oxygen atoms in total. The number of allylic oxidation sites excluding steroid dienone is 2. The number of hydrogen-bond acceptors (Lipinski definition) is 2. The Balaban J connectivity index is 3.38.